The molecular weight excluding hydrogens is 631 g/mol. The molecular formula is C49H33N3. The van der Waals surface area contributed by atoms with Gasteiger partial charge in [0.25, 0.3) is 0 Å². The lowest BCUT2D eigenvalue weighted by molar-refractivity contribution is 0.660. The van der Waals surface area contributed by atoms with Gasteiger partial charge in [-0.05, 0) is 78.9 Å². The quantitative estimate of drug-likeness (QED) is 0.188. The van der Waals surface area contributed by atoms with E-state index >= 15 is 0 Å². The molecule has 0 bridgehead atoms. The molecule has 0 unspecified atom stereocenters. The van der Waals surface area contributed by atoms with Gasteiger partial charge >= 0.3 is 0 Å². The fourth-order valence-electron chi connectivity index (χ4n) is 9.19. The molecule has 3 aliphatic carbocycles. The summed E-state index contributed by atoms with van der Waals surface area (Å²) < 4.78 is 42.9. The highest BCUT2D eigenvalue weighted by Crippen LogP contribution is 2.63. The maximum Gasteiger partial charge on any atom is 0.164 e. The van der Waals surface area contributed by atoms with Crippen LogP contribution in [-0.4, -0.2) is 15.0 Å². The Morgan fingerprint density at radius 2 is 0.808 bits per heavy atom. The van der Waals surface area contributed by atoms with E-state index in [-0.39, 0.29) is 28.9 Å². The van der Waals surface area contributed by atoms with Gasteiger partial charge in [0.15, 0.2) is 17.5 Å². The molecule has 0 fully saturated rings. The first-order chi connectivity index (χ1) is 27.6. The van der Waals surface area contributed by atoms with Crippen molar-refractivity contribution >= 4 is 0 Å². The molecule has 1 aromatic heterocycles. The van der Waals surface area contributed by atoms with Crippen LogP contribution in [0.5, 0.6) is 0 Å². The number of benzene rings is 7. The van der Waals surface area contributed by atoms with E-state index < -0.39 is 23.5 Å². The van der Waals surface area contributed by atoms with Gasteiger partial charge in [0.2, 0.25) is 0 Å². The van der Waals surface area contributed by atoms with Gasteiger partial charge in [-0.1, -0.05) is 165 Å². The van der Waals surface area contributed by atoms with Crippen molar-refractivity contribution in [1.29, 1.82) is 0 Å². The SMILES string of the molecule is [2H]c1c([2H])c([2H])c(-c2nc(-c3ccc4c(c3)-c3ccccc3C43c4ccccc4-c4ccccc43)nc(-c3ccc4c(c3)C(C)(C)c3ccccc3-4)n2)c([2H])c1[2H]. The highest BCUT2D eigenvalue weighted by Gasteiger charge is 2.51. The van der Waals surface area contributed by atoms with Crippen molar-refractivity contribution in [2.24, 2.45) is 0 Å². The number of hydrogen-bond donors (Lipinski definition) is 0. The zero-order valence-corrected chi connectivity index (χ0v) is 28.5. The third-order valence-electron chi connectivity index (χ3n) is 11.5. The smallest absolute Gasteiger partial charge is 0.164 e. The van der Waals surface area contributed by atoms with Gasteiger partial charge in [-0.3, -0.25) is 0 Å². The largest absolute Gasteiger partial charge is 0.208 e. The summed E-state index contributed by atoms with van der Waals surface area (Å²) in [4.78, 5) is 14.9. The molecule has 0 saturated heterocycles. The van der Waals surface area contributed by atoms with Crippen LogP contribution in [0.4, 0.5) is 0 Å². The normalized spacial score (nSPS) is 16.0. The van der Waals surface area contributed by atoms with Crippen molar-refractivity contribution in [2.75, 3.05) is 0 Å². The van der Waals surface area contributed by atoms with E-state index in [2.05, 4.69) is 135 Å². The van der Waals surface area contributed by atoms with Crippen molar-refractivity contribution < 1.29 is 6.85 Å². The highest BCUT2D eigenvalue weighted by molar-refractivity contribution is 5.96. The van der Waals surface area contributed by atoms with Gasteiger partial charge in [0, 0.05) is 22.1 Å². The van der Waals surface area contributed by atoms with E-state index in [1.807, 2.05) is 12.1 Å². The molecule has 0 atom stereocenters. The van der Waals surface area contributed by atoms with Gasteiger partial charge in [0.05, 0.1) is 12.3 Å². The van der Waals surface area contributed by atoms with Crippen molar-refractivity contribution in [1.82, 2.24) is 15.0 Å². The molecule has 0 radical (unpaired) electrons. The monoisotopic (exact) mass is 668 g/mol. The summed E-state index contributed by atoms with van der Waals surface area (Å²) in [7, 11) is 0. The number of nitrogens with zero attached hydrogens (tertiary/aromatic N) is 3. The Kier molecular flexibility index (Phi) is 5.00. The lowest BCUT2D eigenvalue weighted by Crippen LogP contribution is -2.25. The minimum Gasteiger partial charge on any atom is -0.208 e. The lowest BCUT2D eigenvalue weighted by atomic mass is 9.70. The van der Waals surface area contributed by atoms with Crippen LogP contribution in [0.1, 0.15) is 54.1 Å². The maximum absolute atomic E-state index is 8.87. The van der Waals surface area contributed by atoms with Crippen LogP contribution in [0.2, 0.25) is 0 Å². The molecule has 8 aromatic rings. The molecule has 3 aliphatic rings. The fourth-order valence-corrected chi connectivity index (χ4v) is 9.19. The first-order valence-corrected chi connectivity index (χ1v) is 17.6. The van der Waals surface area contributed by atoms with Crippen molar-refractivity contribution in [3.8, 4) is 67.5 Å². The number of aromatic nitrogens is 3. The van der Waals surface area contributed by atoms with E-state index in [1.165, 1.54) is 44.5 Å². The van der Waals surface area contributed by atoms with Gasteiger partial charge in [-0.15, -0.1) is 0 Å². The van der Waals surface area contributed by atoms with Crippen LogP contribution in [-0.2, 0) is 10.8 Å². The molecule has 7 aromatic carbocycles. The topological polar surface area (TPSA) is 38.7 Å². The van der Waals surface area contributed by atoms with Gasteiger partial charge in [-0.25, -0.2) is 15.0 Å². The predicted molar refractivity (Wildman–Crippen MR) is 210 cm³/mol. The van der Waals surface area contributed by atoms with Crippen LogP contribution < -0.4 is 0 Å². The summed E-state index contributed by atoms with van der Waals surface area (Å²) in [6, 6.07) is 44.9. The Labute approximate surface area is 310 Å². The molecule has 52 heavy (non-hydrogen) atoms. The minimum absolute atomic E-state index is 0.0195. The van der Waals surface area contributed by atoms with Crippen LogP contribution in [0.25, 0.3) is 67.5 Å². The number of hydrogen-bond acceptors (Lipinski definition) is 3. The molecule has 244 valence electrons. The second-order valence-electron chi connectivity index (χ2n) is 14.4. The number of fused-ring (bicyclic) bond motifs is 13. The van der Waals surface area contributed by atoms with E-state index in [1.54, 1.807) is 0 Å². The van der Waals surface area contributed by atoms with Gasteiger partial charge < -0.3 is 0 Å². The average molecular weight is 669 g/mol. The highest BCUT2D eigenvalue weighted by atomic mass is 15.0. The molecule has 0 saturated carbocycles. The van der Waals surface area contributed by atoms with Crippen LogP contribution in [0.15, 0.2) is 164 Å². The number of rotatable bonds is 3. The van der Waals surface area contributed by atoms with E-state index in [4.69, 9.17) is 21.8 Å². The first-order valence-electron chi connectivity index (χ1n) is 20.1. The molecule has 0 amide bonds. The zero-order chi connectivity index (χ0) is 39.0. The molecule has 0 N–H and O–H groups in total. The Balaban J connectivity index is 1.15. The second-order valence-corrected chi connectivity index (χ2v) is 14.4. The summed E-state index contributed by atoms with van der Waals surface area (Å²) in [6.45, 7) is 4.43. The third-order valence-corrected chi connectivity index (χ3v) is 11.5. The second kappa shape index (κ2) is 10.5. The standard InChI is InChI=1S/C49H33N3/c1-48(2)39-20-10-6-16-33(39)37-26-24-32(29-44(37)48)47-51-45(30-14-4-3-5-15-30)50-46(52-47)31-25-27-43-38(28-31)36-19-9-13-23-42(36)49(43)40-21-11-7-17-34(40)35-18-8-12-22-41(35)49/h3-29H,1-2H3/i3D,4D,5D,14D,15D. The Bertz CT molecular complexity index is 3000. The van der Waals surface area contributed by atoms with E-state index in [9.17, 15) is 0 Å². The van der Waals surface area contributed by atoms with E-state index in [0.29, 0.717) is 11.6 Å². The van der Waals surface area contributed by atoms with Crippen LogP contribution >= 0.6 is 0 Å². The minimum atomic E-state index is -0.505. The summed E-state index contributed by atoms with van der Waals surface area (Å²) >= 11 is 0. The summed E-state index contributed by atoms with van der Waals surface area (Å²) in [5.41, 5.74) is 14.9. The van der Waals surface area contributed by atoms with Crippen LogP contribution in [0, 0.1) is 0 Å². The molecule has 3 heteroatoms. The molecule has 0 aliphatic heterocycles. The zero-order valence-electron chi connectivity index (χ0n) is 33.5. The summed E-state index contributed by atoms with van der Waals surface area (Å²) in [5, 5.41) is 0. The average Bonchev–Trinajstić information content (AvgIpc) is 3.80. The summed E-state index contributed by atoms with van der Waals surface area (Å²) in [5.74, 6) is 0.719. The third kappa shape index (κ3) is 3.83. The lowest BCUT2D eigenvalue weighted by Gasteiger charge is -2.30. The van der Waals surface area contributed by atoms with Crippen molar-refractivity contribution in [2.45, 2.75) is 24.7 Å². The Morgan fingerprint density at radius 3 is 1.40 bits per heavy atom. The first kappa shape index (κ1) is 24.7. The van der Waals surface area contributed by atoms with E-state index in [0.717, 1.165) is 33.4 Å². The fraction of sp³-hybridized carbons (Fsp3) is 0.0816. The molecule has 1 spiro atoms. The van der Waals surface area contributed by atoms with Gasteiger partial charge in [0.1, 0.15) is 0 Å². The maximum atomic E-state index is 8.87. The van der Waals surface area contributed by atoms with Crippen molar-refractivity contribution in [3.05, 3.63) is 197 Å². The van der Waals surface area contributed by atoms with Crippen LogP contribution in [0.3, 0.4) is 0 Å². The Hall–Kier alpha value is -6.45. The molecule has 1 heterocycles. The summed E-state index contributed by atoms with van der Waals surface area (Å²) in [6.07, 6.45) is 0. The molecule has 3 nitrogen and oxygen atoms in total. The predicted octanol–water partition coefficient (Wildman–Crippen LogP) is 11.5. The molecule has 11 rings (SSSR count). The van der Waals surface area contributed by atoms with Crippen molar-refractivity contribution in [3.63, 3.8) is 0 Å². The Morgan fingerprint density at radius 1 is 0.385 bits per heavy atom. The van der Waals surface area contributed by atoms with Gasteiger partial charge in [-0.2, -0.15) is 0 Å².